The zero-order valence-corrected chi connectivity index (χ0v) is 17.9. The van der Waals surface area contributed by atoms with Gasteiger partial charge in [-0.3, -0.25) is 24.0 Å². The Labute approximate surface area is 175 Å². The molecule has 1 heterocycles. The third kappa shape index (κ3) is 4.91. The van der Waals surface area contributed by atoms with Gasteiger partial charge in [0, 0.05) is 19.2 Å². The van der Waals surface area contributed by atoms with Gasteiger partial charge in [0.25, 0.3) is 11.5 Å². The Bertz CT molecular complexity index is 978. The summed E-state index contributed by atoms with van der Waals surface area (Å²) in [7, 11) is 2.96. The first-order valence-electron chi connectivity index (χ1n) is 9.98. The Balaban J connectivity index is 2.66. The maximum Gasteiger partial charge on any atom is 0.330 e. The highest BCUT2D eigenvalue weighted by Crippen LogP contribution is 2.25. The summed E-state index contributed by atoms with van der Waals surface area (Å²) in [6.07, 6.45) is 1.18. The van der Waals surface area contributed by atoms with Gasteiger partial charge in [-0.2, -0.15) is 0 Å². The van der Waals surface area contributed by atoms with Crippen molar-refractivity contribution in [2.24, 2.45) is 0 Å². The molecule has 0 spiro atoms. The fraction of sp³-hybridized carbons (Fsp3) is 0.476. The lowest BCUT2D eigenvalue weighted by molar-refractivity contribution is -0.128. The number of unbranched alkanes of at least 4 members (excludes halogenated alkanes) is 1. The molecular weight excluding hydrogens is 388 g/mol. The topological polar surface area (TPSA) is 120 Å². The quantitative estimate of drug-likeness (QED) is 0.608. The molecule has 9 nitrogen and oxygen atoms in total. The van der Waals surface area contributed by atoms with E-state index in [0.717, 1.165) is 6.42 Å². The number of hydrogen-bond acceptors (Lipinski definition) is 6. The summed E-state index contributed by atoms with van der Waals surface area (Å²) in [5.41, 5.74) is 5.54. The second kappa shape index (κ2) is 10.6. The first kappa shape index (κ1) is 23.2. The van der Waals surface area contributed by atoms with Crippen molar-refractivity contribution in [1.82, 2.24) is 9.55 Å². The van der Waals surface area contributed by atoms with E-state index in [1.807, 2.05) is 26.0 Å². The van der Waals surface area contributed by atoms with Crippen LogP contribution >= 0.6 is 0 Å². The van der Waals surface area contributed by atoms with E-state index in [-0.39, 0.29) is 18.1 Å². The molecule has 0 radical (unpaired) electrons. The minimum atomic E-state index is -0.769. The molecule has 0 aliphatic heterocycles. The highest BCUT2D eigenvalue weighted by Gasteiger charge is 2.30. The maximum atomic E-state index is 13.3. The van der Waals surface area contributed by atoms with E-state index in [9.17, 15) is 14.4 Å². The number of rotatable bonds is 10. The SMILES string of the molecule is CCCCn1c(N)c(N(Cc2ccccc2OC)C(=O)C(CC)OC)c(=O)[nH]c1=O. The van der Waals surface area contributed by atoms with E-state index >= 15 is 0 Å². The Hall–Kier alpha value is -3.07. The zero-order valence-electron chi connectivity index (χ0n) is 17.9. The molecule has 2 aromatic rings. The summed E-state index contributed by atoms with van der Waals surface area (Å²) in [6, 6.07) is 7.18. The lowest BCUT2D eigenvalue weighted by atomic mass is 10.1. The molecule has 1 unspecified atom stereocenters. The molecule has 1 aromatic carbocycles. The van der Waals surface area contributed by atoms with Gasteiger partial charge >= 0.3 is 5.69 Å². The van der Waals surface area contributed by atoms with Crippen LogP contribution in [0.5, 0.6) is 5.75 Å². The summed E-state index contributed by atoms with van der Waals surface area (Å²) in [6.45, 7) is 4.16. The van der Waals surface area contributed by atoms with Crippen molar-refractivity contribution < 1.29 is 14.3 Å². The molecule has 1 aromatic heterocycles. The van der Waals surface area contributed by atoms with E-state index in [2.05, 4.69) is 4.98 Å². The van der Waals surface area contributed by atoms with Gasteiger partial charge in [0.05, 0.1) is 13.7 Å². The van der Waals surface area contributed by atoms with Crippen LogP contribution in [0.15, 0.2) is 33.9 Å². The molecular formula is C21H30N4O5. The minimum absolute atomic E-state index is 0.0297. The molecule has 9 heteroatoms. The molecule has 0 bridgehead atoms. The van der Waals surface area contributed by atoms with Gasteiger partial charge in [-0.05, 0) is 18.9 Å². The average molecular weight is 418 g/mol. The van der Waals surface area contributed by atoms with Crippen LogP contribution in [-0.4, -0.2) is 35.8 Å². The first-order chi connectivity index (χ1) is 14.4. The molecule has 1 atom stereocenters. The van der Waals surface area contributed by atoms with Crippen LogP contribution in [-0.2, 0) is 22.6 Å². The number of ether oxygens (including phenoxy) is 2. The van der Waals surface area contributed by atoms with Gasteiger partial charge in [0.15, 0.2) is 5.69 Å². The van der Waals surface area contributed by atoms with Crippen LogP contribution < -0.4 is 26.6 Å². The van der Waals surface area contributed by atoms with E-state index in [1.54, 1.807) is 12.1 Å². The third-order valence-corrected chi connectivity index (χ3v) is 4.94. The summed E-state index contributed by atoms with van der Waals surface area (Å²) in [5, 5.41) is 0. The highest BCUT2D eigenvalue weighted by atomic mass is 16.5. The summed E-state index contributed by atoms with van der Waals surface area (Å²) < 4.78 is 12.0. The predicted molar refractivity (Wildman–Crippen MR) is 116 cm³/mol. The smallest absolute Gasteiger partial charge is 0.330 e. The zero-order chi connectivity index (χ0) is 22.3. The van der Waals surface area contributed by atoms with Crippen molar-refractivity contribution in [2.75, 3.05) is 24.9 Å². The van der Waals surface area contributed by atoms with Gasteiger partial charge in [-0.1, -0.05) is 38.5 Å². The van der Waals surface area contributed by atoms with Crippen molar-refractivity contribution in [3.8, 4) is 5.75 Å². The van der Waals surface area contributed by atoms with Gasteiger partial charge in [0.2, 0.25) is 0 Å². The standard InChI is InChI=1S/C21H30N4O5/c1-5-7-12-24-18(22)17(19(26)23-21(24)28)25(20(27)15(6-2)29-3)13-14-10-8-9-11-16(14)30-4/h8-11,15H,5-7,12-13,22H2,1-4H3,(H,23,26,28). The molecule has 1 amide bonds. The second-order valence-electron chi connectivity index (χ2n) is 6.87. The molecule has 0 saturated carbocycles. The predicted octanol–water partition coefficient (Wildman–Crippen LogP) is 1.89. The van der Waals surface area contributed by atoms with E-state index < -0.39 is 23.3 Å². The molecule has 30 heavy (non-hydrogen) atoms. The van der Waals surface area contributed by atoms with Crippen molar-refractivity contribution >= 4 is 17.4 Å². The van der Waals surface area contributed by atoms with Gasteiger partial charge in [-0.15, -0.1) is 0 Å². The molecule has 0 aliphatic carbocycles. The van der Waals surface area contributed by atoms with Crippen molar-refractivity contribution in [3.63, 3.8) is 0 Å². The lowest BCUT2D eigenvalue weighted by Crippen LogP contribution is -2.45. The first-order valence-corrected chi connectivity index (χ1v) is 9.98. The number of methoxy groups -OCH3 is 2. The number of nitrogens with one attached hydrogen (secondary N) is 1. The maximum absolute atomic E-state index is 13.3. The number of hydrogen-bond donors (Lipinski definition) is 2. The Morgan fingerprint density at radius 1 is 1.23 bits per heavy atom. The summed E-state index contributed by atoms with van der Waals surface area (Å²) in [4.78, 5) is 41.9. The number of benzene rings is 1. The Kier molecular flexibility index (Phi) is 8.23. The molecule has 2 rings (SSSR count). The summed E-state index contributed by atoms with van der Waals surface area (Å²) >= 11 is 0. The second-order valence-corrected chi connectivity index (χ2v) is 6.87. The molecule has 0 saturated heterocycles. The number of nitrogens with zero attached hydrogens (tertiary/aromatic N) is 2. The van der Waals surface area contributed by atoms with Gasteiger partial charge < -0.3 is 15.2 Å². The largest absolute Gasteiger partial charge is 0.496 e. The number of amides is 1. The fourth-order valence-electron chi connectivity index (χ4n) is 3.26. The molecule has 164 valence electrons. The average Bonchev–Trinajstić information content (AvgIpc) is 2.73. The van der Waals surface area contributed by atoms with E-state index in [1.165, 1.54) is 23.7 Å². The van der Waals surface area contributed by atoms with Crippen molar-refractivity contribution in [3.05, 3.63) is 50.7 Å². The van der Waals surface area contributed by atoms with E-state index in [0.29, 0.717) is 30.7 Å². The van der Waals surface area contributed by atoms with Crippen molar-refractivity contribution in [2.45, 2.75) is 52.3 Å². The third-order valence-electron chi connectivity index (χ3n) is 4.94. The number of aromatic amines is 1. The van der Waals surface area contributed by atoms with Gasteiger partial charge in [0.1, 0.15) is 17.7 Å². The fourth-order valence-corrected chi connectivity index (χ4v) is 3.26. The number of nitrogen functional groups attached to an aromatic ring is 1. The number of para-hydroxylation sites is 1. The summed E-state index contributed by atoms with van der Waals surface area (Å²) in [5.74, 6) is 0.0882. The van der Waals surface area contributed by atoms with Crippen LogP contribution in [0.4, 0.5) is 11.5 Å². The number of H-pyrrole nitrogens is 1. The van der Waals surface area contributed by atoms with E-state index in [4.69, 9.17) is 15.2 Å². The monoisotopic (exact) mass is 418 g/mol. The number of nitrogens with two attached hydrogens (primary N) is 1. The normalized spacial score (nSPS) is 11.9. The molecule has 0 aliphatic rings. The van der Waals surface area contributed by atoms with Crippen LogP contribution in [0.3, 0.4) is 0 Å². The van der Waals surface area contributed by atoms with Crippen molar-refractivity contribution in [1.29, 1.82) is 0 Å². The lowest BCUT2D eigenvalue weighted by Gasteiger charge is -2.28. The number of carbonyl (C=O) groups is 1. The number of carbonyl (C=O) groups excluding carboxylic acids is 1. The van der Waals surface area contributed by atoms with Crippen LogP contribution in [0.2, 0.25) is 0 Å². The molecule has 0 fully saturated rings. The van der Waals surface area contributed by atoms with Crippen LogP contribution in [0.1, 0.15) is 38.7 Å². The minimum Gasteiger partial charge on any atom is -0.496 e. The van der Waals surface area contributed by atoms with Crippen LogP contribution in [0.25, 0.3) is 0 Å². The number of aromatic nitrogens is 2. The highest BCUT2D eigenvalue weighted by molar-refractivity contribution is 5.98. The number of anilines is 2. The van der Waals surface area contributed by atoms with Crippen LogP contribution in [0, 0.1) is 0 Å². The Morgan fingerprint density at radius 3 is 2.53 bits per heavy atom. The molecule has 3 N–H and O–H groups in total. The van der Waals surface area contributed by atoms with Gasteiger partial charge in [-0.25, -0.2) is 4.79 Å². The Morgan fingerprint density at radius 2 is 1.93 bits per heavy atom.